The summed E-state index contributed by atoms with van der Waals surface area (Å²) in [6.45, 7) is -0.00207. The molecule has 0 unspecified atom stereocenters. The van der Waals surface area contributed by atoms with Crippen LogP contribution in [0.3, 0.4) is 0 Å². The molecule has 0 aliphatic carbocycles. The molecule has 0 saturated carbocycles. The zero-order valence-electron chi connectivity index (χ0n) is 12.8. The summed E-state index contributed by atoms with van der Waals surface area (Å²) in [5.41, 5.74) is 1.62. The zero-order valence-corrected chi connectivity index (χ0v) is 16.0. The lowest BCUT2D eigenvalue weighted by molar-refractivity contribution is 0.0974. The maximum absolute atomic E-state index is 12.9. The normalized spacial score (nSPS) is 11.1. The Bertz CT molecular complexity index is 1110. The third kappa shape index (κ3) is 3.10. The number of nitrogens with zero attached hydrogens (tertiary/aromatic N) is 2. The first kappa shape index (κ1) is 16.4. The minimum Gasteiger partial charge on any atom is -0.291 e. The number of ketones is 1. The van der Waals surface area contributed by atoms with Gasteiger partial charge in [-0.1, -0.05) is 34.1 Å². The third-order valence-corrected chi connectivity index (χ3v) is 6.15. The summed E-state index contributed by atoms with van der Waals surface area (Å²) in [6.07, 6.45) is 1.46. The second kappa shape index (κ2) is 6.67. The molecular formula is C18H11BrN2O2S2. The van der Waals surface area contributed by atoms with Crippen molar-refractivity contribution in [3.05, 3.63) is 73.2 Å². The van der Waals surface area contributed by atoms with E-state index in [1.54, 1.807) is 6.07 Å². The van der Waals surface area contributed by atoms with Crippen molar-refractivity contribution in [2.75, 3.05) is 0 Å². The molecule has 4 aromatic rings. The van der Waals surface area contributed by atoms with Crippen molar-refractivity contribution in [1.82, 2.24) is 9.55 Å². The second-order valence-corrected chi connectivity index (χ2v) is 8.14. The van der Waals surface area contributed by atoms with E-state index in [2.05, 4.69) is 20.9 Å². The predicted octanol–water partition coefficient (Wildman–Crippen LogP) is 4.83. The first-order valence-electron chi connectivity index (χ1n) is 7.43. The monoisotopic (exact) mass is 430 g/mol. The van der Waals surface area contributed by atoms with Gasteiger partial charge < -0.3 is 0 Å². The van der Waals surface area contributed by atoms with Crippen LogP contribution in [0.25, 0.3) is 21.3 Å². The molecule has 0 radical (unpaired) electrons. The SMILES string of the molecule is O=C(Cn1cnc2scc(-c3ccc(Br)cc3)c2c1=O)c1cccs1. The Balaban J connectivity index is 1.79. The Morgan fingerprint density at radius 2 is 1.96 bits per heavy atom. The molecule has 0 aliphatic heterocycles. The molecule has 3 heterocycles. The van der Waals surface area contributed by atoms with Gasteiger partial charge in [0.05, 0.1) is 23.1 Å². The van der Waals surface area contributed by atoms with Crippen LogP contribution in [0.4, 0.5) is 0 Å². The maximum atomic E-state index is 12.9. The van der Waals surface area contributed by atoms with Crippen molar-refractivity contribution < 1.29 is 4.79 Å². The van der Waals surface area contributed by atoms with E-state index in [4.69, 9.17) is 0 Å². The molecule has 124 valence electrons. The molecule has 4 nitrogen and oxygen atoms in total. The van der Waals surface area contributed by atoms with Crippen molar-refractivity contribution in [2.45, 2.75) is 6.54 Å². The average Bonchev–Trinajstić information content (AvgIpc) is 3.28. The van der Waals surface area contributed by atoms with Crippen molar-refractivity contribution in [3.63, 3.8) is 0 Å². The van der Waals surface area contributed by atoms with E-state index in [1.165, 1.54) is 33.6 Å². The minimum atomic E-state index is -0.186. The van der Waals surface area contributed by atoms with Crippen LogP contribution in [0.15, 0.2) is 62.8 Å². The molecule has 3 aromatic heterocycles. The van der Waals surface area contributed by atoms with Gasteiger partial charge in [0.2, 0.25) is 0 Å². The standard InChI is InChI=1S/C18H11BrN2O2S2/c19-12-5-3-11(4-6-12)13-9-25-17-16(13)18(23)21(10-20-17)8-14(22)15-2-1-7-24-15/h1-7,9-10H,8H2. The summed E-state index contributed by atoms with van der Waals surface area (Å²) in [7, 11) is 0. The highest BCUT2D eigenvalue weighted by Crippen LogP contribution is 2.31. The number of halogens is 1. The molecule has 1 aromatic carbocycles. The number of aromatic nitrogens is 2. The third-order valence-electron chi connectivity index (χ3n) is 3.83. The Labute approximate surface area is 159 Å². The van der Waals surface area contributed by atoms with Crippen LogP contribution < -0.4 is 5.56 Å². The first-order chi connectivity index (χ1) is 12.1. The van der Waals surface area contributed by atoms with Crippen molar-refractivity contribution in [1.29, 1.82) is 0 Å². The van der Waals surface area contributed by atoms with Gasteiger partial charge in [0.15, 0.2) is 5.78 Å². The molecule has 0 atom stereocenters. The molecule has 0 spiro atoms. The molecule has 0 amide bonds. The van der Waals surface area contributed by atoms with Crippen LogP contribution in [-0.2, 0) is 6.54 Å². The van der Waals surface area contributed by atoms with Crippen LogP contribution in [0, 0.1) is 0 Å². The van der Waals surface area contributed by atoms with Gasteiger partial charge in [-0.3, -0.25) is 14.2 Å². The van der Waals surface area contributed by atoms with Crippen molar-refractivity contribution in [2.24, 2.45) is 0 Å². The molecule has 4 rings (SSSR count). The molecule has 0 bridgehead atoms. The van der Waals surface area contributed by atoms with Crippen molar-refractivity contribution in [3.8, 4) is 11.1 Å². The lowest BCUT2D eigenvalue weighted by atomic mass is 10.1. The number of hydrogen-bond donors (Lipinski definition) is 0. The molecule has 0 fully saturated rings. The van der Waals surface area contributed by atoms with Crippen LogP contribution in [0.5, 0.6) is 0 Å². The maximum Gasteiger partial charge on any atom is 0.263 e. The molecule has 7 heteroatoms. The molecular weight excluding hydrogens is 420 g/mol. The first-order valence-corrected chi connectivity index (χ1v) is 9.98. The van der Waals surface area contributed by atoms with Gasteiger partial charge in [-0.15, -0.1) is 22.7 Å². The van der Waals surface area contributed by atoms with Gasteiger partial charge in [-0.2, -0.15) is 0 Å². The van der Waals surface area contributed by atoms with E-state index < -0.39 is 0 Å². The Kier molecular flexibility index (Phi) is 4.37. The number of carbonyl (C=O) groups is 1. The second-order valence-electron chi connectivity index (χ2n) is 5.41. The predicted molar refractivity (Wildman–Crippen MR) is 106 cm³/mol. The lowest BCUT2D eigenvalue weighted by Gasteiger charge is -2.05. The van der Waals surface area contributed by atoms with Crippen molar-refractivity contribution >= 4 is 54.6 Å². The smallest absolute Gasteiger partial charge is 0.263 e. The van der Waals surface area contributed by atoms with E-state index in [-0.39, 0.29) is 17.9 Å². The van der Waals surface area contributed by atoms with Gasteiger partial charge in [0.1, 0.15) is 4.83 Å². The number of carbonyl (C=O) groups excluding carboxylic acids is 1. The van der Waals surface area contributed by atoms with Crippen LogP contribution >= 0.6 is 38.6 Å². The van der Waals surface area contributed by atoms with E-state index >= 15 is 0 Å². The number of thiophene rings is 2. The molecule has 25 heavy (non-hydrogen) atoms. The van der Waals surface area contributed by atoms with Gasteiger partial charge in [0, 0.05) is 15.4 Å². The van der Waals surface area contributed by atoms with Crippen LogP contribution in [0.1, 0.15) is 9.67 Å². The zero-order chi connectivity index (χ0) is 17.4. The summed E-state index contributed by atoms with van der Waals surface area (Å²) in [5, 5.41) is 4.35. The number of benzene rings is 1. The van der Waals surface area contributed by atoms with Gasteiger partial charge >= 0.3 is 0 Å². The lowest BCUT2D eigenvalue weighted by Crippen LogP contribution is -2.24. The topological polar surface area (TPSA) is 52.0 Å². The number of fused-ring (bicyclic) bond motifs is 1. The van der Waals surface area contributed by atoms with Crippen LogP contribution in [-0.4, -0.2) is 15.3 Å². The van der Waals surface area contributed by atoms with Crippen LogP contribution in [0.2, 0.25) is 0 Å². The van der Waals surface area contributed by atoms with Gasteiger partial charge in [-0.25, -0.2) is 4.98 Å². The van der Waals surface area contributed by atoms with E-state index in [0.29, 0.717) is 15.1 Å². The van der Waals surface area contributed by atoms with E-state index in [1.807, 2.05) is 41.1 Å². The fourth-order valence-corrected chi connectivity index (χ4v) is 4.42. The fourth-order valence-electron chi connectivity index (χ4n) is 2.59. The average molecular weight is 431 g/mol. The Morgan fingerprint density at radius 1 is 1.16 bits per heavy atom. The Morgan fingerprint density at radius 3 is 2.68 bits per heavy atom. The summed E-state index contributed by atoms with van der Waals surface area (Å²) in [6, 6.07) is 11.4. The number of rotatable bonds is 4. The molecule has 0 saturated heterocycles. The summed E-state index contributed by atoms with van der Waals surface area (Å²) >= 11 is 6.23. The number of Topliss-reactive ketones (excluding diaryl/α,β-unsaturated/α-hetero) is 1. The highest BCUT2D eigenvalue weighted by Gasteiger charge is 2.15. The fraction of sp³-hybridized carbons (Fsp3) is 0.0556. The van der Waals surface area contributed by atoms with E-state index in [0.717, 1.165) is 15.6 Å². The largest absolute Gasteiger partial charge is 0.291 e. The highest BCUT2D eigenvalue weighted by atomic mass is 79.9. The highest BCUT2D eigenvalue weighted by molar-refractivity contribution is 9.10. The van der Waals surface area contributed by atoms with Gasteiger partial charge in [0.25, 0.3) is 5.56 Å². The summed E-state index contributed by atoms with van der Waals surface area (Å²) in [4.78, 5) is 30.9. The van der Waals surface area contributed by atoms with E-state index in [9.17, 15) is 9.59 Å². The quantitative estimate of drug-likeness (QED) is 0.435. The summed E-state index contributed by atoms with van der Waals surface area (Å²) < 4.78 is 2.37. The number of hydrogen-bond acceptors (Lipinski definition) is 5. The molecule has 0 aliphatic rings. The molecule has 0 N–H and O–H groups in total. The van der Waals surface area contributed by atoms with Gasteiger partial charge in [-0.05, 0) is 29.1 Å². The summed E-state index contributed by atoms with van der Waals surface area (Å²) in [5.74, 6) is -0.0846. The Hall–Kier alpha value is -2.09. The minimum absolute atomic E-state index is 0.00207.